The minimum atomic E-state index is 0.627. The van der Waals surface area contributed by atoms with E-state index >= 15 is 0 Å². The lowest BCUT2D eigenvalue weighted by atomic mass is 10.3. The highest BCUT2D eigenvalue weighted by atomic mass is 16.5. The zero-order valence-corrected chi connectivity index (χ0v) is 12.5. The van der Waals surface area contributed by atoms with E-state index in [1.807, 2.05) is 19.2 Å². The number of hydrogen-bond donors (Lipinski definition) is 0. The summed E-state index contributed by atoms with van der Waals surface area (Å²) in [5, 5.41) is 0. The highest BCUT2D eigenvalue weighted by Crippen LogP contribution is 1.99. The molecule has 0 bridgehead atoms. The molecule has 0 aromatic carbocycles. The van der Waals surface area contributed by atoms with Crippen LogP contribution in [0.1, 0.15) is 59.3 Å². The van der Waals surface area contributed by atoms with E-state index in [-0.39, 0.29) is 0 Å². The van der Waals surface area contributed by atoms with Gasteiger partial charge in [-0.1, -0.05) is 45.6 Å². The van der Waals surface area contributed by atoms with E-state index < -0.39 is 0 Å². The van der Waals surface area contributed by atoms with Crippen LogP contribution in [-0.4, -0.2) is 31.6 Å². The van der Waals surface area contributed by atoms with Crippen LogP contribution < -0.4 is 0 Å². The van der Waals surface area contributed by atoms with Gasteiger partial charge in [0, 0.05) is 13.2 Å². The molecule has 0 rings (SSSR count). The first-order chi connectivity index (χ1) is 8.85. The molecule has 3 heteroatoms. The molecule has 0 amide bonds. The molecule has 0 aromatic heterocycles. The lowest BCUT2D eigenvalue weighted by Gasteiger charge is -2.20. The summed E-state index contributed by atoms with van der Waals surface area (Å²) in [6.45, 7) is 9.37. The third-order valence-corrected chi connectivity index (χ3v) is 2.66. The number of rotatable bonds is 13. The van der Waals surface area contributed by atoms with Crippen molar-refractivity contribution in [3.05, 3.63) is 12.3 Å². The highest BCUT2D eigenvalue weighted by Gasteiger charge is 1.99. The maximum absolute atomic E-state index is 5.62. The predicted molar refractivity (Wildman–Crippen MR) is 77.3 cm³/mol. The van der Waals surface area contributed by atoms with Crippen molar-refractivity contribution in [1.29, 1.82) is 0 Å². The summed E-state index contributed by atoms with van der Waals surface area (Å²) >= 11 is 0. The second-order valence-electron chi connectivity index (χ2n) is 4.56. The van der Waals surface area contributed by atoms with Crippen LogP contribution in [0.3, 0.4) is 0 Å². The average Bonchev–Trinajstić information content (AvgIpc) is 2.38. The van der Waals surface area contributed by atoms with E-state index in [4.69, 9.17) is 9.47 Å². The van der Waals surface area contributed by atoms with Crippen LogP contribution in [0.25, 0.3) is 0 Å². The van der Waals surface area contributed by atoms with Gasteiger partial charge in [0.1, 0.15) is 13.5 Å². The summed E-state index contributed by atoms with van der Waals surface area (Å²) in [6.07, 6.45) is 11.3. The zero-order valence-electron chi connectivity index (χ0n) is 12.5. The summed E-state index contributed by atoms with van der Waals surface area (Å²) in [5.41, 5.74) is 0. The van der Waals surface area contributed by atoms with Gasteiger partial charge < -0.3 is 14.4 Å². The third kappa shape index (κ3) is 11.9. The summed E-state index contributed by atoms with van der Waals surface area (Å²) in [7, 11) is 0. The van der Waals surface area contributed by atoms with Gasteiger partial charge in [0.05, 0.1) is 0 Å². The minimum absolute atomic E-state index is 0.627. The van der Waals surface area contributed by atoms with E-state index in [2.05, 4.69) is 18.7 Å². The Morgan fingerprint density at radius 2 is 1.33 bits per heavy atom. The Labute approximate surface area is 113 Å². The quantitative estimate of drug-likeness (QED) is 0.365. The van der Waals surface area contributed by atoms with Gasteiger partial charge in [-0.15, -0.1) is 0 Å². The van der Waals surface area contributed by atoms with Crippen molar-refractivity contribution in [3.8, 4) is 0 Å². The number of ether oxygens (including phenoxy) is 2. The summed E-state index contributed by atoms with van der Waals surface area (Å²) in [6, 6.07) is 0. The van der Waals surface area contributed by atoms with E-state index in [1.54, 1.807) is 0 Å². The number of nitrogens with zero attached hydrogens (tertiary/aromatic N) is 1. The largest absolute Gasteiger partial charge is 0.361 e. The molecule has 0 N–H and O–H groups in total. The summed E-state index contributed by atoms with van der Waals surface area (Å²) in [5.74, 6) is 0. The van der Waals surface area contributed by atoms with Crippen LogP contribution >= 0.6 is 0 Å². The van der Waals surface area contributed by atoms with Gasteiger partial charge in [-0.25, -0.2) is 0 Å². The van der Waals surface area contributed by atoms with Gasteiger partial charge in [0.15, 0.2) is 0 Å². The van der Waals surface area contributed by atoms with E-state index in [9.17, 15) is 0 Å². The Morgan fingerprint density at radius 1 is 0.833 bits per heavy atom. The first kappa shape index (κ1) is 17.5. The molecule has 108 valence electrons. The predicted octanol–water partition coefficient (Wildman–Crippen LogP) is 4.15. The summed E-state index contributed by atoms with van der Waals surface area (Å²) < 4.78 is 11.2. The van der Waals surface area contributed by atoms with Crippen molar-refractivity contribution in [2.75, 3.05) is 26.7 Å². The molecule has 0 aliphatic heterocycles. The first-order valence-electron chi connectivity index (χ1n) is 7.37. The van der Waals surface area contributed by atoms with Gasteiger partial charge in [-0.3, -0.25) is 0 Å². The SMILES string of the molecule is CC=CN(COCCCCC)COCCCCC. The fourth-order valence-electron chi connectivity index (χ4n) is 1.61. The van der Waals surface area contributed by atoms with Crippen molar-refractivity contribution in [2.45, 2.75) is 59.3 Å². The Hall–Kier alpha value is -0.540. The average molecular weight is 257 g/mol. The Morgan fingerprint density at radius 3 is 1.72 bits per heavy atom. The third-order valence-electron chi connectivity index (χ3n) is 2.66. The van der Waals surface area contributed by atoms with Crippen LogP contribution in [0.15, 0.2) is 12.3 Å². The zero-order chi connectivity index (χ0) is 13.5. The normalized spacial score (nSPS) is 11.3. The van der Waals surface area contributed by atoms with Crippen molar-refractivity contribution >= 4 is 0 Å². The van der Waals surface area contributed by atoms with E-state index in [1.165, 1.54) is 25.7 Å². The Kier molecular flexibility index (Phi) is 14.1. The van der Waals surface area contributed by atoms with Crippen LogP contribution in [0, 0.1) is 0 Å². The van der Waals surface area contributed by atoms with Crippen LogP contribution in [-0.2, 0) is 9.47 Å². The molecular formula is C15H31NO2. The minimum Gasteiger partial charge on any atom is -0.361 e. The van der Waals surface area contributed by atoms with Crippen LogP contribution in [0.4, 0.5) is 0 Å². The lowest BCUT2D eigenvalue weighted by molar-refractivity contribution is -0.0205. The molecule has 0 aromatic rings. The highest BCUT2D eigenvalue weighted by molar-refractivity contribution is 4.75. The van der Waals surface area contributed by atoms with Crippen LogP contribution in [0.2, 0.25) is 0 Å². The molecular weight excluding hydrogens is 226 g/mol. The van der Waals surface area contributed by atoms with Gasteiger partial charge in [-0.2, -0.15) is 0 Å². The van der Waals surface area contributed by atoms with Gasteiger partial charge in [0.2, 0.25) is 0 Å². The standard InChI is InChI=1S/C15H31NO2/c1-4-7-9-12-17-14-16(11-6-3)15-18-13-10-8-5-2/h6,11H,4-5,7-10,12-15H2,1-3H3. The topological polar surface area (TPSA) is 21.7 Å². The van der Waals surface area contributed by atoms with E-state index in [0.29, 0.717) is 13.5 Å². The van der Waals surface area contributed by atoms with Gasteiger partial charge in [0.25, 0.3) is 0 Å². The smallest absolute Gasteiger partial charge is 0.120 e. The Balaban J connectivity index is 3.52. The van der Waals surface area contributed by atoms with Gasteiger partial charge in [-0.05, 0) is 26.0 Å². The molecule has 0 fully saturated rings. The maximum Gasteiger partial charge on any atom is 0.120 e. The molecule has 0 aliphatic carbocycles. The molecule has 0 saturated carbocycles. The molecule has 18 heavy (non-hydrogen) atoms. The molecule has 0 heterocycles. The number of hydrogen-bond acceptors (Lipinski definition) is 3. The molecule has 0 unspecified atom stereocenters. The van der Waals surface area contributed by atoms with Crippen LogP contribution in [0.5, 0.6) is 0 Å². The number of allylic oxidation sites excluding steroid dienone is 1. The summed E-state index contributed by atoms with van der Waals surface area (Å²) in [4.78, 5) is 2.07. The molecule has 0 aliphatic rings. The van der Waals surface area contributed by atoms with Crippen molar-refractivity contribution in [2.24, 2.45) is 0 Å². The lowest BCUT2D eigenvalue weighted by Crippen LogP contribution is -2.24. The van der Waals surface area contributed by atoms with Gasteiger partial charge >= 0.3 is 0 Å². The number of unbranched alkanes of at least 4 members (excludes halogenated alkanes) is 4. The first-order valence-corrected chi connectivity index (χ1v) is 7.37. The second kappa shape index (κ2) is 14.5. The Bertz CT molecular complexity index is 169. The van der Waals surface area contributed by atoms with Crippen molar-refractivity contribution in [1.82, 2.24) is 4.90 Å². The fraction of sp³-hybridized carbons (Fsp3) is 0.867. The van der Waals surface area contributed by atoms with Crippen molar-refractivity contribution in [3.63, 3.8) is 0 Å². The molecule has 0 saturated heterocycles. The molecule has 3 nitrogen and oxygen atoms in total. The maximum atomic E-state index is 5.62. The van der Waals surface area contributed by atoms with E-state index in [0.717, 1.165) is 26.1 Å². The van der Waals surface area contributed by atoms with Crippen molar-refractivity contribution < 1.29 is 9.47 Å². The monoisotopic (exact) mass is 257 g/mol. The fourth-order valence-corrected chi connectivity index (χ4v) is 1.61. The molecule has 0 atom stereocenters. The molecule has 0 spiro atoms. The second-order valence-corrected chi connectivity index (χ2v) is 4.56. The molecule has 0 radical (unpaired) electrons.